The highest BCUT2D eigenvalue weighted by Crippen LogP contribution is 1.98. The molecule has 1 atom stereocenters. The van der Waals surface area contributed by atoms with Gasteiger partial charge in [-0.3, -0.25) is 0 Å². The first-order valence-electron chi connectivity index (χ1n) is 2.12. The molecule has 0 aliphatic carbocycles. The Morgan fingerprint density at radius 1 is 2.00 bits per heavy atom. The lowest BCUT2D eigenvalue weighted by Crippen LogP contribution is -1.92. The minimum Gasteiger partial charge on any atom is -0.740 e. The van der Waals surface area contributed by atoms with E-state index in [1.54, 1.807) is 6.92 Å². The average molecular weight is 135 g/mol. The molecule has 0 saturated carbocycles. The van der Waals surface area contributed by atoms with Crippen molar-refractivity contribution < 1.29 is 12.9 Å². The molecule has 0 aromatic rings. The van der Waals surface area contributed by atoms with Crippen molar-refractivity contribution in [3.05, 3.63) is 12.3 Å². The molecule has 0 aliphatic heterocycles. The summed E-state index contributed by atoms with van der Waals surface area (Å²) in [5, 5.41) is 0. The quantitative estimate of drug-likeness (QED) is 0.423. The molecule has 0 saturated heterocycles. The van der Waals surface area contributed by atoms with Crippen LogP contribution in [0.4, 0.5) is 0 Å². The topological polar surface area (TPSA) is 49.4 Å². The van der Waals surface area contributed by atoms with Crippen LogP contribution in [-0.2, 0) is 15.5 Å². The summed E-state index contributed by atoms with van der Waals surface area (Å²) in [7, 11) is 0. The Bertz CT molecular complexity index is 110. The SMILES string of the molecule is C=C(CC)OS(=O)[O-]. The molecule has 1 unspecified atom stereocenters. The number of hydrogen-bond donors (Lipinski definition) is 0. The second-order valence-electron chi connectivity index (χ2n) is 1.18. The van der Waals surface area contributed by atoms with Crippen molar-refractivity contribution in [1.29, 1.82) is 0 Å². The van der Waals surface area contributed by atoms with Crippen molar-refractivity contribution in [3.8, 4) is 0 Å². The normalized spacial score (nSPS) is 12.8. The van der Waals surface area contributed by atoms with E-state index in [0.29, 0.717) is 6.42 Å². The third-order valence-corrected chi connectivity index (χ3v) is 0.952. The van der Waals surface area contributed by atoms with E-state index in [1.165, 1.54) is 0 Å². The molecule has 8 heavy (non-hydrogen) atoms. The van der Waals surface area contributed by atoms with Crippen molar-refractivity contribution in [3.63, 3.8) is 0 Å². The van der Waals surface area contributed by atoms with Crippen molar-refractivity contribution in [2.75, 3.05) is 0 Å². The summed E-state index contributed by atoms with van der Waals surface area (Å²) >= 11 is -2.45. The Hall–Kier alpha value is -0.350. The van der Waals surface area contributed by atoms with Gasteiger partial charge in [-0.1, -0.05) is 13.5 Å². The molecule has 0 spiro atoms. The zero-order valence-corrected chi connectivity index (χ0v) is 5.36. The maximum absolute atomic E-state index is 9.69. The van der Waals surface area contributed by atoms with Gasteiger partial charge >= 0.3 is 0 Å². The fraction of sp³-hybridized carbons (Fsp3) is 0.500. The van der Waals surface area contributed by atoms with Crippen LogP contribution in [0.5, 0.6) is 0 Å². The van der Waals surface area contributed by atoms with Gasteiger partial charge in [0, 0.05) is 6.42 Å². The van der Waals surface area contributed by atoms with E-state index in [-0.39, 0.29) is 5.76 Å². The Kier molecular flexibility index (Phi) is 3.47. The third-order valence-electron chi connectivity index (χ3n) is 0.580. The maximum atomic E-state index is 9.69. The predicted octanol–water partition coefficient (Wildman–Crippen LogP) is 0.721. The minimum absolute atomic E-state index is 0.262. The van der Waals surface area contributed by atoms with Gasteiger partial charge in [-0.25, -0.2) is 4.21 Å². The average Bonchev–Trinajstić information content (AvgIpc) is 1.65. The molecule has 0 aromatic carbocycles. The van der Waals surface area contributed by atoms with Gasteiger partial charge in [0.15, 0.2) is 0 Å². The highest BCUT2D eigenvalue weighted by atomic mass is 32.2. The fourth-order valence-corrected chi connectivity index (χ4v) is 0.465. The summed E-state index contributed by atoms with van der Waals surface area (Å²) in [5.74, 6) is 0.262. The lowest BCUT2D eigenvalue weighted by Gasteiger charge is -2.06. The van der Waals surface area contributed by atoms with Crippen LogP contribution in [0.3, 0.4) is 0 Å². The van der Waals surface area contributed by atoms with Crippen LogP contribution in [-0.4, -0.2) is 8.76 Å². The maximum Gasteiger partial charge on any atom is 0.138 e. The zero-order chi connectivity index (χ0) is 6.57. The molecule has 0 N–H and O–H groups in total. The van der Waals surface area contributed by atoms with Crippen LogP contribution >= 0.6 is 0 Å². The fourth-order valence-electron chi connectivity index (χ4n) is 0.155. The molecule has 0 fully saturated rings. The Morgan fingerprint density at radius 3 is 2.62 bits per heavy atom. The Balaban J connectivity index is 3.40. The van der Waals surface area contributed by atoms with Gasteiger partial charge in [-0.15, -0.1) is 0 Å². The zero-order valence-electron chi connectivity index (χ0n) is 4.55. The molecule has 48 valence electrons. The van der Waals surface area contributed by atoms with Crippen LogP contribution in [0.2, 0.25) is 0 Å². The second kappa shape index (κ2) is 3.63. The standard InChI is InChI=1S/C4H8O3S/c1-3-4(2)7-8(5)6/h2-3H2,1H3,(H,5,6)/p-1. The summed E-state index contributed by atoms with van der Waals surface area (Å²) in [6.45, 7) is 5.06. The van der Waals surface area contributed by atoms with Crippen molar-refractivity contribution in [2.24, 2.45) is 0 Å². The van der Waals surface area contributed by atoms with Crippen LogP contribution in [0, 0.1) is 0 Å². The first kappa shape index (κ1) is 7.65. The molecule has 3 nitrogen and oxygen atoms in total. The van der Waals surface area contributed by atoms with E-state index in [0.717, 1.165) is 0 Å². The van der Waals surface area contributed by atoms with E-state index in [2.05, 4.69) is 10.8 Å². The van der Waals surface area contributed by atoms with Gasteiger partial charge in [-0.05, 0) is 0 Å². The highest BCUT2D eigenvalue weighted by Gasteiger charge is 1.86. The molecule has 0 amide bonds. The van der Waals surface area contributed by atoms with Crippen molar-refractivity contribution in [2.45, 2.75) is 13.3 Å². The first-order chi connectivity index (χ1) is 3.66. The van der Waals surface area contributed by atoms with Crippen LogP contribution in [0.15, 0.2) is 12.3 Å². The molecule has 0 aliphatic rings. The van der Waals surface area contributed by atoms with Gasteiger partial charge in [0.2, 0.25) is 0 Å². The van der Waals surface area contributed by atoms with Crippen LogP contribution in [0.25, 0.3) is 0 Å². The molecule has 0 heterocycles. The lowest BCUT2D eigenvalue weighted by molar-refractivity contribution is 0.369. The summed E-state index contributed by atoms with van der Waals surface area (Å²) in [6.07, 6.45) is 0.522. The van der Waals surface area contributed by atoms with Gasteiger partial charge in [0.05, 0.1) is 0 Å². The van der Waals surface area contributed by atoms with E-state index in [4.69, 9.17) is 0 Å². The van der Waals surface area contributed by atoms with E-state index >= 15 is 0 Å². The summed E-state index contributed by atoms with van der Waals surface area (Å²) < 4.78 is 23.5. The third kappa shape index (κ3) is 3.83. The lowest BCUT2D eigenvalue weighted by atomic mass is 10.4. The Morgan fingerprint density at radius 2 is 2.50 bits per heavy atom. The molecule has 0 radical (unpaired) electrons. The monoisotopic (exact) mass is 135 g/mol. The van der Waals surface area contributed by atoms with Crippen LogP contribution in [0.1, 0.15) is 13.3 Å². The van der Waals surface area contributed by atoms with Crippen molar-refractivity contribution in [1.82, 2.24) is 0 Å². The summed E-state index contributed by atoms with van der Waals surface area (Å²) in [6, 6.07) is 0. The minimum atomic E-state index is -2.45. The summed E-state index contributed by atoms with van der Waals surface area (Å²) in [5.41, 5.74) is 0. The predicted molar refractivity (Wildman–Crippen MR) is 29.4 cm³/mol. The molecular formula is C4H7O3S-. The van der Waals surface area contributed by atoms with Crippen LogP contribution < -0.4 is 0 Å². The van der Waals surface area contributed by atoms with Gasteiger partial charge in [0.1, 0.15) is 17.1 Å². The number of allylic oxidation sites excluding steroid dienone is 1. The van der Waals surface area contributed by atoms with E-state index < -0.39 is 11.4 Å². The molecule has 0 bridgehead atoms. The molecular weight excluding hydrogens is 128 g/mol. The Labute approximate surface area is 50.8 Å². The second-order valence-corrected chi connectivity index (χ2v) is 1.75. The number of rotatable bonds is 3. The largest absolute Gasteiger partial charge is 0.740 e. The van der Waals surface area contributed by atoms with Crippen molar-refractivity contribution >= 4 is 11.4 Å². The first-order valence-corrected chi connectivity index (χ1v) is 3.12. The smallest absolute Gasteiger partial charge is 0.138 e. The molecule has 4 heteroatoms. The van der Waals surface area contributed by atoms with E-state index in [9.17, 15) is 8.76 Å². The van der Waals surface area contributed by atoms with E-state index in [1.807, 2.05) is 0 Å². The van der Waals surface area contributed by atoms with Gasteiger partial charge in [0.25, 0.3) is 0 Å². The molecule has 0 aromatic heterocycles. The highest BCUT2D eigenvalue weighted by molar-refractivity contribution is 7.74. The number of hydrogen-bond acceptors (Lipinski definition) is 3. The molecule has 0 rings (SSSR count). The van der Waals surface area contributed by atoms with Gasteiger partial charge < -0.3 is 8.74 Å². The summed E-state index contributed by atoms with van der Waals surface area (Å²) in [4.78, 5) is 0. The van der Waals surface area contributed by atoms with Gasteiger partial charge in [-0.2, -0.15) is 0 Å².